The molecule has 2 amide bonds. The number of Topliss-reactive ketones (excluding diaryl/α,β-unsaturated/α-hetero) is 1. The minimum absolute atomic E-state index is 0.00158. The minimum Gasteiger partial charge on any atom is -0.377 e. The van der Waals surface area contributed by atoms with Crippen LogP contribution < -0.4 is 5.32 Å². The molecule has 0 saturated carbocycles. The fraction of sp³-hybridized carbons (Fsp3) is 0.467. The van der Waals surface area contributed by atoms with Gasteiger partial charge in [-0.05, 0) is 31.2 Å². The number of carbonyl (C=O) groups is 2. The van der Waals surface area contributed by atoms with Gasteiger partial charge >= 0.3 is 6.03 Å². The van der Waals surface area contributed by atoms with E-state index in [9.17, 15) is 9.59 Å². The summed E-state index contributed by atoms with van der Waals surface area (Å²) in [4.78, 5) is 25.1. The monoisotopic (exact) mass is 292 g/mol. The number of hydrogen-bond donors (Lipinski definition) is 1. The molecule has 0 aliphatic carbocycles. The first kappa shape index (κ1) is 15.5. The lowest BCUT2D eigenvalue weighted by Crippen LogP contribution is -2.34. The smallest absolute Gasteiger partial charge is 0.322 e. The SMILES string of the molecule is COC1CN(C(=O)Nc2ccc(C(C)=O)cc2)CC1OC. The zero-order valence-electron chi connectivity index (χ0n) is 12.5. The number of likely N-dealkylation sites (tertiary alicyclic amines) is 1. The number of rotatable bonds is 4. The molecular formula is C15H20N2O4. The van der Waals surface area contributed by atoms with Gasteiger partial charge in [-0.15, -0.1) is 0 Å². The van der Waals surface area contributed by atoms with Gasteiger partial charge in [0.2, 0.25) is 0 Å². The molecule has 2 rings (SSSR count). The van der Waals surface area contributed by atoms with E-state index >= 15 is 0 Å². The Morgan fingerprint density at radius 1 is 1.10 bits per heavy atom. The number of amides is 2. The Bertz CT molecular complexity index is 503. The molecule has 1 N–H and O–H groups in total. The van der Waals surface area contributed by atoms with Crippen molar-refractivity contribution in [1.29, 1.82) is 0 Å². The molecule has 1 fully saturated rings. The summed E-state index contributed by atoms with van der Waals surface area (Å²) in [6, 6.07) is 6.61. The van der Waals surface area contributed by atoms with Gasteiger partial charge in [-0.1, -0.05) is 0 Å². The van der Waals surface area contributed by atoms with Crippen molar-refractivity contribution >= 4 is 17.5 Å². The lowest BCUT2D eigenvalue weighted by atomic mass is 10.1. The van der Waals surface area contributed by atoms with Gasteiger partial charge in [0, 0.05) is 25.5 Å². The van der Waals surface area contributed by atoms with Gasteiger partial charge in [0.05, 0.1) is 13.1 Å². The molecule has 1 saturated heterocycles. The first-order chi connectivity index (χ1) is 10.0. The molecular weight excluding hydrogens is 272 g/mol. The summed E-state index contributed by atoms with van der Waals surface area (Å²) in [6.45, 7) is 2.49. The summed E-state index contributed by atoms with van der Waals surface area (Å²) in [5.74, 6) is -0.00158. The van der Waals surface area contributed by atoms with E-state index in [0.29, 0.717) is 24.3 Å². The van der Waals surface area contributed by atoms with Gasteiger partial charge in [0.25, 0.3) is 0 Å². The Morgan fingerprint density at radius 3 is 2.05 bits per heavy atom. The number of methoxy groups -OCH3 is 2. The Labute approximate surface area is 124 Å². The number of carbonyl (C=O) groups excluding carboxylic acids is 2. The maximum Gasteiger partial charge on any atom is 0.322 e. The third-order valence-electron chi connectivity index (χ3n) is 3.65. The molecule has 1 aliphatic heterocycles. The van der Waals surface area contributed by atoms with Crippen molar-refractivity contribution in [2.24, 2.45) is 0 Å². The van der Waals surface area contributed by atoms with Crippen LogP contribution in [-0.4, -0.2) is 56.2 Å². The second kappa shape index (κ2) is 6.69. The van der Waals surface area contributed by atoms with Crippen LogP contribution in [0.3, 0.4) is 0 Å². The predicted molar refractivity (Wildman–Crippen MR) is 78.6 cm³/mol. The van der Waals surface area contributed by atoms with Crippen LogP contribution in [0.5, 0.6) is 0 Å². The van der Waals surface area contributed by atoms with Crippen LogP contribution in [-0.2, 0) is 9.47 Å². The number of nitrogens with one attached hydrogen (secondary N) is 1. The first-order valence-electron chi connectivity index (χ1n) is 6.77. The summed E-state index contributed by atoms with van der Waals surface area (Å²) in [7, 11) is 3.22. The van der Waals surface area contributed by atoms with Crippen LogP contribution in [0.4, 0.5) is 10.5 Å². The summed E-state index contributed by atoms with van der Waals surface area (Å²) in [5.41, 5.74) is 1.27. The summed E-state index contributed by atoms with van der Waals surface area (Å²) in [6.07, 6.45) is -0.221. The van der Waals surface area contributed by atoms with Gasteiger partial charge in [-0.2, -0.15) is 0 Å². The van der Waals surface area contributed by atoms with Crippen molar-refractivity contribution in [3.63, 3.8) is 0 Å². The summed E-state index contributed by atoms with van der Waals surface area (Å²) < 4.78 is 10.6. The molecule has 6 nitrogen and oxygen atoms in total. The molecule has 0 radical (unpaired) electrons. The molecule has 1 heterocycles. The van der Waals surface area contributed by atoms with Gasteiger partial charge in [-0.3, -0.25) is 4.79 Å². The van der Waals surface area contributed by atoms with Gasteiger partial charge in [-0.25, -0.2) is 4.79 Å². The number of nitrogens with zero attached hydrogens (tertiary/aromatic N) is 1. The fourth-order valence-electron chi connectivity index (χ4n) is 2.35. The largest absolute Gasteiger partial charge is 0.377 e. The lowest BCUT2D eigenvalue weighted by molar-refractivity contribution is -0.00461. The van der Waals surface area contributed by atoms with Crippen molar-refractivity contribution in [2.45, 2.75) is 19.1 Å². The van der Waals surface area contributed by atoms with E-state index in [1.54, 1.807) is 43.4 Å². The summed E-state index contributed by atoms with van der Waals surface area (Å²) in [5, 5.41) is 2.80. The van der Waals surface area contributed by atoms with Gasteiger partial charge in [0.15, 0.2) is 5.78 Å². The molecule has 0 spiro atoms. The highest BCUT2D eigenvalue weighted by Gasteiger charge is 2.35. The number of anilines is 1. The van der Waals surface area contributed by atoms with Crippen molar-refractivity contribution in [1.82, 2.24) is 4.90 Å². The fourth-order valence-corrected chi connectivity index (χ4v) is 2.35. The minimum atomic E-state index is -0.202. The number of hydrogen-bond acceptors (Lipinski definition) is 4. The lowest BCUT2D eigenvalue weighted by Gasteiger charge is -2.16. The van der Waals surface area contributed by atoms with E-state index < -0.39 is 0 Å². The Hall–Kier alpha value is -1.92. The Kier molecular flexibility index (Phi) is 4.93. The van der Waals surface area contributed by atoms with Gasteiger partial charge < -0.3 is 19.7 Å². The molecule has 114 valence electrons. The first-order valence-corrected chi connectivity index (χ1v) is 6.77. The number of benzene rings is 1. The highest BCUT2D eigenvalue weighted by Crippen LogP contribution is 2.17. The van der Waals surface area contributed by atoms with Crippen LogP contribution in [0.25, 0.3) is 0 Å². The zero-order valence-corrected chi connectivity index (χ0v) is 12.5. The average molecular weight is 292 g/mol. The molecule has 2 atom stereocenters. The van der Waals surface area contributed by atoms with Crippen molar-refractivity contribution in [3.05, 3.63) is 29.8 Å². The van der Waals surface area contributed by atoms with Crippen LogP contribution >= 0.6 is 0 Å². The van der Waals surface area contributed by atoms with Crippen LogP contribution in [0.1, 0.15) is 17.3 Å². The average Bonchev–Trinajstić information content (AvgIpc) is 2.91. The summed E-state index contributed by atoms with van der Waals surface area (Å²) >= 11 is 0. The molecule has 0 aromatic heterocycles. The maximum absolute atomic E-state index is 12.2. The van der Waals surface area contributed by atoms with E-state index in [4.69, 9.17) is 9.47 Å². The van der Waals surface area contributed by atoms with E-state index in [2.05, 4.69) is 5.32 Å². The van der Waals surface area contributed by atoms with E-state index in [-0.39, 0.29) is 24.0 Å². The number of ether oxygens (including phenoxy) is 2. The van der Waals surface area contributed by atoms with Crippen molar-refractivity contribution in [3.8, 4) is 0 Å². The molecule has 0 bridgehead atoms. The number of urea groups is 1. The second-order valence-electron chi connectivity index (χ2n) is 5.02. The topological polar surface area (TPSA) is 67.9 Å². The maximum atomic E-state index is 12.2. The van der Waals surface area contributed by atoms with E-state index in [1.165, 1.54) is 6.92 Å². The zero-order chi connectivity index (χ0) is 15.4. The highest BCUT2D eigenvalue weighted by atomic mass is 16.5. The molecule has 6 heteroatoms. The van der Waals surface area contributed by atoms with Gasteiger partial charge in [0.1, 0.15) is 12.2 Å². The van der Waals surface area contributed by atoms with Crippen LogP contribution in [0, 0.1) is 0 Å². The Morgan fingerprint density at radius 2 is 1.62 bits per heavy atom. The molecule has 1 aromatic rings. The Balaban J connectivity index is 1.97. The standard InChI is InChI=1S/C15H20N2O4/c1-10(18)11-4-6-12(7-5-11)16-15(19)17-8-13(20-2)14(9-17)21-3/h4-7,13-14H,8-9H2,1-3H3,(H,16,19). The van der Waals surface area contributed by atoms with Crippen LogP contribution in [0.2, 0.25) is 0 Å². The second-order valence-corrected chi connectivity index (χ2v) is 5.02. The number of ketones is 1. The van der Waals surface area contributed by atoms with E-state index in [1.807, 2.05) is 0 Å². The predicted octanol–water partition coefficient (Wildman–Crippen LogP) is 1.77. The van der Waals surface area contributed by atoms with Crippen molar-refractivity contribution in [2.75, 3.05) is 32.6 Å². The van der Waals surface area contributed by atoms with Crippen molar-refractivity contribution < 1.29 is 19.1 Å². The molecule has 2 unspecified atom stereocenters. The van der Waals surface area contributed by atoms with Crippen LogP contribution in [0.15, 0.2) is 24.3 Å². The quantitative estimate of drug-likeness (QED) is 0.859. The molecule has 1 aliphatic rings. The third kappa shape index (κ3) is 3.59. The molecule has 1 aromatic carbocycles. The third-order valence-corrected chi connectivity index (χ3v) is 3.65. The highest BCUT2D eigenvalue weighted by molar-refractivity contribution is 5.95. The van der Waals surface area contributed by atoms with E-state index in [0.717, 1.165) is 0 Å². The molecule has 21 heavy (non-hydrogen) atoms. The normalized spacial score (nSPS) is 21.4.